The van der Waals surface area contributed by atoms with Crippen molar-refractivity contribution in [3.05, 3.63) is 0 Å². The van der Waals surface area contributed by atoms with Gasteiger partial charge in [0.05, 0.1) is 0 Å². The Balaban J connectivity index is 1.45. The zero-order valence-electron chi connectivity index (χ0n) is 14.0. The number of rotatable bonds is 11. The van der Waals surface area contributed by atoms with E-state index in [0.29, 0.717) is 11.7 Å². The van der Waals surface area contributed by atoms with E-state index in [0.717, 1.165) is 31.3 Å². The molecule has 2 atom stereocenters. The summed E-state index contributed by atoms with van der Waals surface area (Å²) in [6.45, 7) is 2.26. The summed E-state index contributed by atoms with van der Waals surface area (Å²) in [5, 5.41) is 3.66. The summed E-state index contributed by atoms with van der Waals surface area (Å²) in [5.41, 5.74) is 0. The average molecular weight is 293 g/mol. The molecule has 2 nitrogen and oxygen atoms in total. The lowest BCUT2D eigenvalue weighted by Gasteiger charge is -2.28. The highest BCUT2D eigenvalue weighted by atomic mass is 16.1. The molecule has 2 aliphatic heterocycles. The number of unbranched alkanes of at least 4 members (excludes halogenated alkanes) is 7. The predicted molar refractivity (Wildman–Crippen MR) is 89.5 cm³/mol. The van der Waals surface area contributed by atoms with Crippen molar-refractivity contribution in [2.75, 3.05) is 0 Å². The molecule has 0 radical (unpaired) electrons. The molecule has 0 aliphatic carbocycles. The fraction of sp³-hybridized carbons (Fsp3) is 0.947. The van der Waals surface area contributed by atoms with Crippen LogP contribution in [-0.2, 0) is 4.79 Å². The van der Waals surface area contributed by atoms with E-state index in [9.17, 15) is 4.79 Å². The van der Waals surface area contributed by atoms with Gasteiger partial charge in [-0.1, -0.05) is 51.9 Å². The molecule has 0 aromatic heterocycles. The van der Waals surface area contributed by atoms with Gasteiger partial charge in [0.1, 0.15) is 5.78 Å². The summed E-state index contributed by atoms with van der Waals surface area (Å²) >= 11 is 0. The third-order valence-corrected chi connectivity index (χ3v) is 5.40. The van der Waals surface area contributed by atoms with Crippen LogP contribution in [0.4, 0.5) is 0 Å². The van der Waals surface area contributed by atoms with E-state index in [-0.39, 0.29) is 0 Å². The van der Waals surface area contributed by atoms with Crippen LogP contribution in [0.15, 0.2) is 0 Å². The van der Waals surface area contributed by atoms with Gasteiger partial charge in [0.15, 0.2) is 0 Å². The molecular weight excluding hydrogens is 258 g/mol. The van der Waals surface area contributed by atoms with Crippen molar-refractivity contribution in [2.24, 2.45) is 5.92 Å². The third-order valence-electron chi connectivity index (χ3n) is 5.40. The van der Waals surface area contributed by atoms with Crippen LogP contribution >= 0.6 is 0 Å². The zero-order valence-corrected chi connectivity index (χ0v) is 14.0. The SMILES string of the molecule is CCCCCCCCCCC(=O)CC1CC2CCC(C1)N2. The Hall–Kier alpha value is -0.370. The van der Waals surface area contributed by atoms with Crippen LogP contribution in [0.5, 0.6) is 0 Å². The maximum atomic E-state index is 12.1. The van der Waals surface area contributed by atoms with Crippen LogP contribution in [0, 0.1) is 5.92 Å². The largest absolute Gasteiger partial charge is 0.311 e. The van der Waals surface area contributed by atoms with Crippen LogP contribution < -0.4 is 5.32 Å². The number of Topliss-reactive ketones (excluding diaryl/α,β-unsaturated/α-hetero) is 1. The van der Waals surface area contributed by atoms with E-state index in [1.54, 1.807) is 0 Å². The minimum absolute atomic E-state index is 0.535. The minimum Gasteiger partial charge on any atom is -0.311 e. The number of nitrogens with one attached hydrogen (secondary N) is 1. The Labute approximate surface area is 131 Å². The van der Waals surface area contributed by atoms with Crippen molar-refractivity contribution in [2.45, 2.75) is 109 Å². The molecule has 0 aromatic carbocycles. The first-order valence-corrected chi connectivity index (χ1v) is 9.55. The maximum Gasteiger partial charge on any atom is 0.133 e. The van der Waals surface area contributed by atoms with Crippen LogP contribution in [-0.4, -0.2) is 17.9 Å². The van der Waals surface area contributed by atoms with Crippen molar-refractivity contribution >= 4 is 5.78 Å². The number of piperidine rings is 1. The summed E-state index contributed by atoms with van der Waals surface area (Å²) in [5.74, 6) is 1.22. The average Bonchev–Trinajstić information content (AvgIpc) is 2.81. The van der Waals surface area contributed by atoms with Crippen molar-refractivity contribution in [3.63, 3.8) is 0 Å². The zero-order chi connectivity index (χ0) is 14.9. The molecular formula is C19H35NO. The van der Waals surface area contributed by atoms with E-state index in [2.05, 4.69) is 12.2 Å². The first-order valence-electron chi connectivity index (χ1n) is 9.55. The molecule has 0 amide bonds. The van der Waals surface area contributed by atoms with Crippen molar-refractivity contribution < 1.29 is 4.79 Å². The van der Waals surface area contributed by atoms with Crippen molar-refractivity contribution in [1.29, 1.82) is 0 Å². The highest BCUT2D eigenvalue weighted by Crippen LogP contribution is 2.33. The third kappa shape index (κ3) is 6.50. The Bertz CT molecular complexity index is 290. The van der Waals surface area contributed by atoms with Crippen LogP contribution in [0.25, 0.3) is 0 Å². The van der Waals surface area contributed by atoms with E-state index in [1.807, 2.05) is 0 Å². The molecule has 2 fully saturated rings. The minimum atomic E-state index is 0.535. The second-order valence-corrected chi connectivity index (χ2v) is 7.44. The van der Waals surface area contributed by atoms with Crippen molar-refractivity contribution in [1.82, 2.24) is 5.32 Å². The van der Waals surface area contributed by atoms with Crippen LogP contribution in [0.3, 0.4) is 0 Å². The highest BCUT2D eigenvalue weighted by Gasteiger charge is 2.33. The molecule has 2 aliphatic rings. The summed E-state index contributed by atoms with van der Waals surface area (Å²) in [6.07, 6.45) is 17.5. The van der Waals surface area contributed by atoms with Crippen molar-refractivity contribution in [3.8, 4) is 0 Å². The lowest BCUT2D eigenvalue weighted by molar-refractivity contribution is -0.120. The monoisotopic (exact) mass is 293 g/mol. The molecule has 122 valence electrons. The van der Waals surface area contributed by atoms with Gasteiger partial charge in [0.25, 0.3) is 0 Å². The number of carbonyl (C=O) groups is 1. The van der Waals surface area contributed by atoms with Crippen LogP contribution in [0.2, 0.25) is 0 Å². The molecule has 0 spiro atoms. The second-order valence-electron chi connectivity index (χ2n) is 7.44. The van der Waals surface area contributed by atoms with E-state index in [1.165, 1.54) is 70.6 Å². The summed E-state index contributed by atoms with van der Waals surface area (Å²) in [7, 11) is 0. The number of hydrogen-bond donors (Lipinski definition) is 1. The summed E-state index contributed by atoms with van der Waals surface area (Å²) < 4.78 is 0. The molecule has 1 N–H and O–H groups in total. The quantitative estimate of drug-likeness (QED) is 0.543. The summed E-state index contributed by atoms with van der Waals surface area (Å²) in [4.78, 5) is 12.1. The van der Waals surface area contributed by atoms with Gasteiger partial charge in [0, 0.05) is 24.9 Å². The van der Waals surface area contributed by atoms with E-state index in [4.69, 9.17) is 0 Å². The van der Waals surface area contributed by atoms with Gasteiger partial charge in [-0.05, 0) is 38.0 Å². The fourth-order valence-electron chi connectivity index (χ4n) is 4.22. The lowest BCUT2D eigenvalue weighted by atomic mass is 9.87. The Kier molecular flexibility index (Phi) is 7.77. The van der Waals surface area contributed by atoms with Gasteiger partial charge in [-0.2, -0.15) is 0 Å². The van der Waals surface area contributed by atoms with E-state index >= 15 is 0 Å². The molecule has 21 heavy (non-hydrogen) atoms. The second kappa shape index (κ2) is 9.61. The van der Waals surface area contributed by atoms with Gasteiger partial charge in [0.2, 0.25) is 0 Å². The van der Waals surface area contributed by atoms with Crippen LogP contribution in [0.1, 0.15) is 96.8 Å². The van der Waals surface area contributed by atoms with Gasteiger partial charge < -0.3 is 5.32 Å². The molecule has 0 aromatic rings. The summed E-state index contributed by atoms with van der Waals surface area (Å²) in [6, 6.07) is 1.45. The van der Waals surface area contributed by atoms with E-state index < -0.39 is 0 Å². The molecule has 2 rings (SSSR count). The molecule has 2 heterocycles. The molecule has 2 bridgehead atoms. The number of fused-ring (bicyclic) bond motifs is 2. The first-order chi connectivity index (χ1) is 10.3. The molecule has 2 saturated heterocycles. The smallest absolute Gasteiger partial charge is 0.133 e. The fourth-order valence-corrected chi connectivity index (χ4v) is 4.22. The molecule has 2 unspecified atom stereocenters. The van der Waals surface area contributed by atoms with Gasteiger partial charge >= 0.3 is 0 Å². The predicted octanol–water partition coefficient (Wildman–Crippen LogP) is 5.01. The Morgan fingerprint density at radius 1 is 0.905 bits per heavy atom. The molecule has 0 saturated carbocycles. The number of ketones is 1. The lowest BCUT2D eigenvalue weighted by Crippen LogP contribution is -2.38. The Morgan fingerprint density at radius 2 is 1.48 bits per heavy atom. The van der Waals surface area contributed by atoms with Gasteiger partial charge in [-0.25, -0.2) is 0 Å². The topological polar surface area (TPSA) is 29.1 Å². The first kappa shape index (κ1) is 17.0. The normalized spacial score (nSPS) is 28.0. The molecule has 2 heteroatoms. The maximum absolute atomic E-state index is 12.1. The standard InChI is InChI=1S/C19H35NO/c1-2-3-4-5-6-7-8-9-10-19(21)15-16-13-17-11-12-18(14-16)20-17/h16-18,20H,2-15H2,1H3. The Morgan fingerprint density at radius 3 is 2.10 bits per heavy atom. The van der Waals surface area contributed by atoms with Gasteiger partial charge in [-0.3, -0.25) is 4.79 Å². The highest BCUT2D eigenvalue weighted by molar-refractivity contribution is 5.78. The number of hydrogen-bond acceptors (Lipinski definition) is 2. The number of carbonyl (C=O) groups excluding carboxylic acids is 1. The van der Waals surface area contributed by atoms with Gasteiger partial charge in [-0.15, -0.1) is 0 Å².